The lowest BCUT2D eigenvalue weighted by molar-refractivity contribution is -0.146. The molecule has 0 saturated carbocycles. The molecule has 0 aromatic heterocycles. The summed E-state index contributed by atoms with van der Waals surface area (Å²) in [4.78, 5) is 23.4. The molecule has 0 radical (unpaired) electrons. The van der Waals surface area contributed by atoms with E-state index in [-0.39, 0.29) is 24.5 Å². The van der Waals surface area contributed by atoms with Gasteiger partial charge in [-0.15, -0.1) is 0 Å². The molecular weight excluding hydrogens is 202 g/mol. The summed E-state index contributed by atoms with van der Waals surface area (Å²) in [7, 11) is 0. The lowest BCUT2D eigenvalue weighted by Crippen LogP contribution is -2.44. The van der Waals surface area contributed by atoms with Crippen LogP contribution in [-0.2, 0) is 9.59 Å². The monoisotopic (exact) mass is 219 g/mol. The maximum atomic E-state index is 11.1. The largest absolute Gasteiger partial charge is 0.394 e. The molecule has 14 heavy (non-hydrogen) atoms. The number of imide groups is 1. The highest BCUT2D eigenvalue weighted by atomic mass is 32.2. The molecule has 0 aromatic carbocycles. The van der Waals surface area contributed by atoms with Crippen molar-refractivity contribution in [3.05, 3.63) is 0 Å². The predicted octanol–water partition coefficient (Wildman–Crippen LogP) is 0.495. The third-order valence-corrected chi connectivity index (χ3v) is 2.55. The maximum absolute atomic E-state index is 11.1. The number of aliphatic hydroxyl groups is 1. The fourth-order valence-electron chi connectivity index (χ4n) is 1.29. The lowest BCUT2D eigenvalue weighted by Gasteiger charge is -2.26. The molecule has 2 amide bonds. The van der Waals surface area contributed by atoms with Crippen LogP contribution in [0.1, 0.15) is 20.3 Å². The SMILES string of the molecule is CSCC[C@@H](CO)N(C(C)=O)C(C)=O. The van der Waals surface area contributed by atoms with Crippen LogP contribution < -0.4 is 0 Å². The van der Waals surface area contributed by atoms with Crippen LogP contribution in [0.2, 0.25) is 0 Å². The van der Waals surface area contributed by atoms with E-state index in [4.69, 9.17) is 5.11 Å². The second-order valence-electron chi connectivity index (χ2n) is 3.03. The van der Waals surface area contributed by atoms with Gasteiger partial charge >= 0.3 is 0 Å². The minimum atomic E-state index is -0.377. The van der Waals surface area contributed by atoms with E-state index in [1.54, 1.807) is 11.8 Å². The van der Waals surface area contributed by atoms with Crippen LogP contribution in [0.3, 0.4) is 0 Å². The number of rotatable bonds is 5. The van der Waals surface area contributed by atoms with Gasteiger partial charge in [0.15, 0.2) is 0 Å². The first-order valence-corrected chi connectivity index (χ1v) is 5.84. The number of hydrogen-bond donors (Lipinski definition) is 1. The van der Waals surface area contributed by atoms with Crippen molar-refractivity contribution in [1.29, 1.82) is 0 Å². The van der Waals surface area contributed by atoms with Gasteiger partial charge in [0, 0.05) is 13.8 Å². The van der Waals surface area contributed by atoms with Crippen molar-refractivity contribution in [3.8, 4) is 0 Å². The highest BCUT2D eigenvalue weighted by molar-refractivity contribution is 7.98. The highest BCUT2D eigenvalue weighted by Gasteiger charge is 2.23. The Morgan fingerprint density at radius 3 is 2.14 bits per heavy atom. The Balaban J connectivity index is 4.42. The van der Waals surface area contributed by atoms with E-state index < -0.39 is 0 Å². The summed E-state index contributed by atoms with van der Waals surface area (Å²) < 4.78 is 0. The van der Waals surface area contributed by atoms with Gasteiger partial charge in [-0.05, 0) is 18.4 Å². The molecule has 0 aliphatic heterocycles. The molecule has 5 heteroatoms. The smallest absolute Gasteiger partial charge is 0.226 e. The summed E-state index contributed by atoms with van der Waals surface area (Å²) in [6.45, 7) is 2.51. The normalized spacial score (nSPS) is 12.3. The molecule has 0 aliphatic rings. The topological polar surface area (TPSA) is 57.6 Å². The molecule has 0 fully saturated rings. The van der Waals surface area contributed by atoms with Crippen molar-refractivity contribution in [3.63, 3.8) is 0 Å². The fourth-order valence-corrected chi connectivity index (χ4v) is 1.80. The molecule has 0 unspecified atom stereocenters. The Bertz CT molecular complexity index is 194. The second-order valence-corrected chi connectivity index (χ2v) is 4.01. The van der Waals surface area contributed by atoms with Crippen molar-refractivity contribution >= 4 is 23.6 Å². The van der Waals surface area contributed by atoms with Crippen LogP contribution in [0.4, 0.5) is 0 Å². The van der Waals surface area contributed by atoms with Gasteiger partial charge < -0.3 is 5.11 Å². The van der Waals surface area contributed by atoms with Crippen LogP contribution >= 0.6 is 11.8 Å². The summed E-state index contributed by atoms with van der Waals surface area (Å²) in [5.41, 5.74) is 0. The molecule has 0 bridgehead atoms. The quantitative estimate of drug-likeness (QED) is 0.731. The van der Waals surface area contributed by atoms with Crippen molar-refractivity contribution in [2.75, 3.05) is 18.6 Å². The molecule has 1 N–H and O–H groups in total. The number of nitrogens with zero attached hydrogens (tertiary/aromatic N) is 1. The van der Waals surface area contributed by atoms with Gasteiger partial charge in [0.05, 0.1) is 12.6 Å². The standard InChI is InChI=1S/C9H17NO3S/c1-7(12)10(8(2)13)9(6-11)4-5-14-3/h9,11H,4-6H2,1-3H3/t9-/m0/s1. The molecule has 0 spiro atoms. The first-order valence-electron chi connectivity index (χ1n) is 4.44. The summed E-state index contributed by atoms with van der Waals surface area (Å²) in [6.07, 6.45) is 2.58. The van der Waals surface area contributed by atoms with Gasteiger partial charge in [-0.25, -0.2) is 0 Å². The Hall–Kier alpha value is -0.550. The molecule has 0 aromatic rings. The first-order chi connectivity index (χ1) is 6.54. The van der Waals surface area contributed by atoms with E-state index in [1.807, 2.05) is 6.26 Å². The van der Waals surface area contributed by atoms with E-state index in [9.17, 15) is 9.59 Å². The number of thioether (sulfide) groups is 1. The van der Waals surface area contributed by atoms with Crippen molar-refractivity contribution in [1.82, 2.24) is 4.90 Å². The third-order valence-electron chi connectivity index (χ3n) is 1.91. The molecule has 0 heterocycles. The van der Waals surface area contributed by atoms with E-state index in [2.05, 4.69) is 0 Å². The maximum Gasteiger partial charge on any atom is 0.226 e. The fraction of sp³-hybridized carbons (Fsp3) is 0.778. The van der Waals surface area contributed by atoms with Crippen LogP contribution in [0, 0.1) is 0 Å². The van der Waals surface area contributed by atoms with E-state index in [0.29, 0.717) is 6.42 Å². The number of carbonyl (C=O) groups is 2. The Morgan fingerprint density at radius 2 is 1.86 bits per heavy atom. The number of hydrogen-bond acceptors (Lipinski definition) is 4. The van der Waals surface area contributed by atoms with E-state index >= 15 is 0 Å². The van der Waals surface area contributed by atoms with Gasteiger partial charge in [0.2, 0.25) is 11.8 Å². The summed E-state index contributed by atoms with van der Waals surface area (Å²) in [6, 6.07) is -0.377. The van der Waals surface area contributed by atoms with Gasteiger partial charge in [0.25, 0.3) is 0 Å². The van der Waals surface area contributed by atoms with E-state index in [0.717, 1.165) is 10.7 Å². The van der Waals surface area contributed by atoms with Crippen molar-refractivity contribution in [2.45, 2.75) is 26.3 Å². The first kappa shape index (κ1) is 13.4. The van der Waals surface area contributed by atoms with E-state index in [1.165, 1.54) is 13.8 Å². The molecule has 1 atom stereocenters. The van der Waals surface area contributed by atoms with Crippen LogP contribution in [0.15, 0.2) is 0 Å². The lowest BCUT2D eigenvalue weighted by atomic mass is 10.2. The minimum absolute atomic E-state index is 0.167. The summed E-state index contributed by atoms with van der Waals surface area (Å²) >= 11 is 1.63. The van der Waals surface area contributed by atoms with Gasteiger partial charge in [0.1, 0.15) is 0 Å². The average Bonchev–Trinajstić information content (AvgIpc) is 2.10. The summed E-state index contributed by atoms with van der Waals surface area (Å²) in [5, 5.41) is 9.07. The number of carbonyl (C=O) groups excluding carboxylic acids is 2. The highest BCUT2D eigenvalue weighted by Crippen LogP contribution is 2.08. The molecule has 4 nitrogen and oxygen atoms in total. The predicted molar refractivity (Wildman–Crippen MR) is 57.1 cm³/mol. The van der Waals surface area contributed by atoms with Gasteiger partial charge in [-0.1, -0.05) is 0 Å². The molecule has 0 saturated heterocycles. The molecule has 0 aliphatic carbocycles. The minimum Gasteiger partial charge on any atom is -0.394 e. The zero-order valence-corrected chi connectivity index (χ0v) is 9.63. The third kappa shape index (κ3) is 4.11. The molecule has 0 rings (SSSR count). The molecule has 82 valence electrons. The average molecular weight is 219 g/mol. The van der Waals surface area contributed by atoms with Crippen molar-refractivity contribution in [2.24, 2.45) is 0 Å². The van der Waals surface area contributed by atoms with Gasteiger partial charge in [-0.3, -0.25) is 14.5 Å². The number of amides is 2. The second kappa shape index (κ2) is 6.84. The Kier molecular flexibility index (Phi) is 6.57. The van der Waals surface area contributed by atoms with Crippen molar-refractivity contribution < 1.29 is 14.7 Å². The number of aliphatic hydroxyl groups excluding tert-OH is 1. The van der Waals surface area contributed by atoms with Crippen LogP contribution in [-0.4, -0.2) is 46.5 Å². The molecular formula is C9H17NO3S. The van der Waals surface area contributed by atoms with Crippen LogP contribution in [0.25, 0.3) is 0 Å². The van der Waals surface area contributed by atoms with Crippen LogP contribution in [0.5, 0.6) is 0 Å². The zero-order valence-electron chi connectivity index (χ0n) is 8.82. The summed E-state index contributed by atoms with van der Waals surface area (Å²) in [5.74, 6) is 0.206. The Morgan fingerprint density at radius 1 is 1.36 bits per heavy atom. The zero-order chi connectivity index (χ0) is 11.1. The van der Waals surface area contributed by atoms with Gasteiger partial charge in [-0.2, -0.15) is 11.8 Å². The Labute approximate surface area is 88.7 Å².